The van der Waals surface area contributed by atoms with Gasteiger partial charge in [0.05, 0.1) is 19.8 Å². The number of ether oxygens (including phenoxy) is 1. The van der Waals surface area contributed by atoms with Gasteiger partial charge in [-0.2, -0.15) is 0 Å². The van der Waals surface area contributed by atoms with Crippen LogP contribution in [0.4, 0.5) is 0 Å². The SMILES string of the molecule is C=C(C)CNC(=NCC(=O)N(C)C)N1CCN(CC(=O)N2CCOCC2)CC1.I. The Hall–Kier alpha value is -1.40. The first-order chi connectivity index (χ1) is 13.4. The van der Waals surface area contributed by atoms with Crippen LogP contribution in [-0.4, -0.2) is 124 Å². The summed E-state index contributed by atoms with van der Waals surface area (Å²) >= 11 is 0. The van der Waals surface area contributed by atoms with E-state index in [4.69, 9.17) is 4.74 Å². The van der Waals surface area contributed by atoms with Crippen molar-refractivity contribution in [1.29, 1.82) is 0 Å². The topological polar surface area (TPSA) is 80.7 Å². The summed E-state index contributed by atoms with van der Waals surface area (Å²) in [4.78, 5) is 36.5. The second-order valence-electron chi connectivity index (χ2n) is 7.50. The van der Waals surface area contributed by atoms with Gasteiger partial charge in [0, 0.05) is 59.9 Å². The maximum Gasteiger partial charge on any atom is 0.243 e. The Bertz CT molecular complexity index is 584. The lowest BCUT2D eigenvalue weighted by atomic mass is 10.3. The smallest absolute Gasteiger partial charge is 0.243 e. The largest absolute Gasteiger partial charge is 0.378 e. The molecule has 166 valence electrons. The first-order valence-electron chi connectivity index (χ1n) is 9.82. The highest BCUT2D eigenvalue weighted by Gasteiger charge is 2.24. The van der Waals surface area contributed by atoms with Crippen molar-refractivity contribution in [3.63, 3.8) is 0 Å². The van der Waals surface area contributed by atoms with Crippen LogP contribution in [0.3, 0.4) is 0 Å². The number of carbonyl (C=O) groups excluding carboxylic acids is 2. The molecular weight excluding hydrogens is 487 g/mol. The van der Waals surface area contributed by atoms with Crippen LogP contribution in [0.5, 0.6) is 0 Å². The molecule has 10 heteroatoms. The Balaban J connectivity index is 0.00000420. The number of likely N-dealkylation sites (N-methyl/N-ethyl adjacent to an activating group) is 1. The Morgan fingerprint density at radius 3 is 2.24 bits per heavy atom. The molecule has 0 aliphatic carbocycles. The summed E-state index contributed by atoms with van der Waals surface area (Å²) in [5.74, 6) is 0.851. The summed E-state index contributed by atoms with van der Waals surface area (Å²) in [7, 11) is 3.45. The first-order valence-corrected chi connectivity index (χ1v) is 9.82. The molecule has 29 heavy (non-hydrogen) atoms. The molecule has 0 aromatic carbocycles. The van der Waals surface area contributed by atoms with Crippen molar-refractivity contribution in [3.8, 4) is 0 Å². The number of halogens is 1. The van der Waals surface area contributed by atoms with Crippen LogP contribution in [0, 0.1) is 0 Å². The number of amides is 2. The van der Waals surface area contributed by atoms with Crippen LogP contribution >= 0.6 is 24.0 Å². The maximum atomic E-state index is 12.4. The van der Waals surface area contributed by atoms with Crippen LogP contribution in [0.1, 0.15) is 6.92 Å². The van der Waals surface area contributed by atoms with Gasteiger partial charge in [0.25, 0.3) is 0 Å². The van der Waals surface area contributed by atoms with Crippen molar-refractivity contribution in [2.75, 3.05) is 86.2 Å². The number of aliphatic imine (C=N–C) groups is 1. The highest BCUT2D eigenvalue weighted by molar-refractivity contribution is 14.0. The molecule has 2 rings (SSSR count). The second kappa shape index (κ2) is 13.0. The van der Waals surface area contributed by atoms with Crippen LogP contribution in [-0.2, 0) is 14.3 Å². The molecule has 0 radical (unpaired) electrons. The van der Waals surface area contributed by atoms with Gasteiger partial charge >= 0.3 is 0 Å². The molecule has 2 heterocycles. The van der Waals surface area contributed by atoms with Crippen LogP contribution in [0.15, 0.2) is 17.1 Å². The maximum absolute atomic E-state index is 12.4. The summed E-state index contributed by atoms with van der Waals surface area (Å²) in [6.07, 6.45) is 0. The molecular formula is C19H35IN6O3. The number of hydrogen-bond acceptors (Lipinski definition) is 5. The number of guanidine groups is 1. The molecule has 0 aromatic heterocycles. The fourth-order valence-electron chi connectivity index (χ4n) is 3.00. The standard InChI is InChI=1S/C19H34N6O3.HI/c1-16(2)13-20-19(21-14-17(26)22(3)4)25-7-5-23(6-8-25)15-18(27)24-9-11-28-12-10-24;/h1,5-15H2,2-4H3,(H,20,21);1H. The molecule has 0 saturated carbocycles. The van der Waals surface area contributed by atoms with E-state index >= 15 is 0 Å². The summed E-state index contributed by atoms with van der Waals surface area (Å²) in [5, 5.41) is 3.29. The molecule has 0 unspecified atom stereocenters. The Labute approximate surface area is 191 Å². The minimum atomic E-state index is -0.0376. The number of morpholine rings is 1. The van der Waals surface area contributed by atoms with Gasteiger partial charge in [0.1, 0.15) is 6.54 Å². The number of hydrogen-bond donors (Lipinski definition) is 1. The van der Waals surface area contributed by atoms with Gasteiger partial charge in [-0.3, -0.25) is 14.5 Å². The van der Waals surface area contributed by atoms with E-state index in [0.29, 0.717) is 39.4 Å². The van der Waals surface area contributed by atoms with Crippen molar-refractivity contribution in [2.45, 2.75) is 6.92 Å². The molecule has 2 fully saturated rings. The summed E-state index contributed by atoms with van der Waals surface area (Å²) < 4.78 is 5.31. The van der Waals surface area contributed by atoms with E-state index < -0.39 is 0 Å². The van der Waals surface area contributed by atoms with Gasteiger partial charge in [-0.15, -0.1) is 24.0 Å². The van der Waals surface area contributed by atoms with Gasteiger partial charge < -0.3 is 24.8 Å². The summed E-state index contributed by atoms with van der Waals surface area (Å²) in [6, 6.07) is 0. The fraction of sp³-hybridized carbons (Fsp3) is 0.737. The second-order valence-corrected chi connectivity index (χ2v) is 7.50. The molecule has 2 saturated heterocycles. The molecule has 0 spiro atoms. The van der Waals surface area contributed by atoms with Gasteiger partial charge in [0.2, 0.25) is 11.8 Å². The number of nitrogens with zero attached hydrogens (tertiary/aromatic N) is 5. The molecule has 0 aromatic rings. The molecule has 0 bridgehead atoms. The van der Waals surface area contributed by atoms with Crippen LogP contribution in [0.2, 0.25) is 0 Å². The van der Waals surface area contributed by atoms with E-state index in [2.05, 4.69) is 26.7 Å². The van der Waals surface area contributed by atoms with E-state index in [9.17, 15) is 9.59 Å². The van der Waals surface area contributed by atoms with Crippen molar-refractivity contribution >= 4 is 41.8 Å². The molecule has 2 amide bonds. The minimum absolute atomic E-state index is 0. The van der Waals surface area contributed by atoms with E-state index in [1.54, 1.807) is 14.1 Å². The molecule has 1 N–H and O–H groups in total. The lowest BCUT2D eigenvalue weighted by molar-refractivity contribution is -0.136. The van der Waals surface area contributed by atoms with Crippen molar-refractivity contribution in [3.05, 3.63) is 12.2 Å². The van der Waals surface area contributed by atoms with E-state index in [0.717, 1.165) is 37.7 Å². The molecule has 0 atom stereocenters. The third-order valence-electron chi connectivity index (χ3n) is 4.81. The van der Waals surface area contributed by atoms with Crippen molar-refractivity contribution < 1.29 is 14.3 Å². The quantitative estimate of drug-likeness (QED) is 0.223. The summed E-state index contributed by atoms with van der Waals surface area (Å²) in [6.45, 7) is 12.7. The fourth-order valence-corrected chi connectivity index (χ4v) is 3.00. The average Bonchev–Trinajstić information content (AvgIpc) is 2.69. The molecule has 2 aliphatic rings. The predicted octanol–water partition coefficient (Wildman–Crippen LogP) is -0.309. The normalized spacial score (nSPS) is 18.1. The Morgan fingerprint density at radius 1 is 1.07 bits per heavy atom. The van der Waals surface area contributed by atoms with E-state index in [-0.39, 0.29) is 42.3 Å². The first kappa shape index (κ1) is 25.6. The minimum Gasteiger partial charge on any atom is -0.378 e. The third kappa shape index (κ3) is 8.87. The third-order valence-corrected chi connectivity index (χ3v) is 4.81. The van der Waals surface area contributed by atoms with Crippen LogP contribution in [0.25, 0.3) is 0 Å². The number of carbonyl (C=O) groups is 2. The molecule has 2 aliphatic heterocycles. The predicted molar refractivity (Wildman–Crippen MR) is 125 cm³/mol. The van der Waals surface area contributed by atoms with Gasteiger partial charge in [-0.1, -0.05) is 12.2 Å². The zero-order valence-electron chi connectivity index (χ0n) is 17.9. The summed E-state index contributed by atoms with van der Waals surface area (Å²) in [5.41, 5.74) is 1.00. The molecule has 9 nitrogen and oxygen atoms in total. The number of rotatable bonds is 6. The van der Waals surface area contributed by atoms with E-state index in [1.165, 1.54) is 4.90 Å². The van der Waals surface area contributed by atoms with E-state index in [1.807, 2.05) is 11.8 Å². The number of piperazine rings is 1. The monoisotopic (exact) mass is 522 g/mol. The average molecular weight is 522 g/mol. The van der Waals surface area contributed by atoms with Gasteiger partial charge in [0.15, 0.2) is 5.96 Å². The highest BCUT2D eigenvalue weighted by atomic mass is 127. The zero-order valence-corrected chi connectivity index (χ0v) is 20.2. The van der Waals surface area contributed by atoms with Crippen molar-refractivity contribution in [1.82, 2.24) is 24.9 Å². The Morgan fingerprint density at radius 2 is 1.69 bits per heavy atom. The zero-order chi connectivity index (χ0) is 20.5. The number of nitrogens with one attached hydrogen (secondary N) is 1. The lowest BCUT2D eigenvalue weighted by Gasteiger charge is -2.37. The van der Waals surface area contributed by atoms with Gasteiger partial charge in [-0.25, -0.2) is 4.99 Å². The van der Waals surface area contributed by atoms with Crippen molar-refractivity contribution in [2.24, 2.45) is 4.99 Å². The van der Waals surface area contributed by atoms with Crippen LogP contribution < -0.4 is 5.32 Å². The Kier molecular flexibility index (Phi) is 11.5. The lowest BCUT2D eigenvalue weighted by Crippen LogP contribution is -2.55. The van der Waals surface area contributed by atoms with Gasteiger partial charge in [-0.05, 0) is 6.92 Å². The highest BCUT2D eigenvalue weighted by Crippen LogP contribution is 2.05.